The Labute approximate surface area is 138 Å². The van der Waals surface area contributed by atoms with E-state index in [2.05, 4.69) is 0 Å². The van der Waals surface area contributed by atoms with Crippen LogP contribution in [-0.2, 0) is 9.59 Å². The molecule has 2 heterocycles. The highest BCUT2D eigenvalue weighted by Crippen LogP contribution is 2.34. The van der Waals surface area contributed by atoms with Crippen LogP contribution in [0.5, 0.6) is 0 Å². The molecule has 1 aromatic carbocycles. The van der Waals surface area contributed by atoms with Crippen molar-refractivity contribution in [3.63, 3.8) is 0 Å². The molecule has 3 rings (SSSR count). The fourth-order valence-electron chi connectivity index (χ4n) is 3.05. The van der Waals surface area contributed by atoms with Gasteiger partial charge in [-0.25, -0.2) is 0 Å². The van der Waals surface area contributed by atoms with Crippen LogP contribution in [0, 0.1) is 5.92 Å². The number of rotatable bonds is 2. The normalized spacial score (nSPS) is 25.1. The summed E-state index contributed by atoms with van der Waals surface area (Å²) < 4.78 is 0. The van der Waals surface area contributed by atoms with Gasteiger partial charge in [-0.15, -0.1) is 0 Å². The molecule has 1 aromatic rings. The summed E-state index contributed by atoms with van der Waals surface area (Å²) in [5.74, 6) is -0.978. The molecule has 0 unspecified atom stereocenters. The van der Waals surface area contributed by atoms with E-state index in [4.69, 9.17) is 28.9 Å². The van der Waals surface area contributed by atoms with Gasteiger partial charge in [0.25, 0.3) is 0 Å². The topological polar surface area (TPSA) is 66.6 Å². The lowest BCUT2D eigenvalue weighted by molar-refractivity contribution is -0.139. The van der Waals surface area contributed by atoms with E-state index >= 15 is 0 Å². The average molecular weight is 342 g/mol. The highest BCUT2D eigenvalue weighted by Gasteiger charge is 2.41. The quantitative estimate of drug-likeness (QED) is 0.835. The van der Waals surface area contributed by atoms with Gasteiger partial charge < -0.3 is 15.5 Å². The molecule has 118 valence electrons. The van der Waals surface area contributed by atoms with Gasteiger partial charge in [-0.2, -0.15) is 0 Å². The maximum Gasteiger partial charge on any atom is 0.239 e. The summed E-state index contributed by atoms with van der Waals surface area (Å²) in [6.07, 6.45) is 1.28. The first kappa shape index (κ1) is 15.6. The second-order valence-corrected chi connectivity index (χ2v) is 6.60. The fourth-order valence-corrected chi connectivity index (χ4v) is 3.43. The zero-order valence-corrected chi connectivity index (χ0v) is 13.5. The third kappa shape index (κ3) is 2.81. The van der Waals surface area contributed by atoms with Gasteiger partial charge in [-0.3, -0.25) is 9.59 Å². The van der Waals surface area contributed by atoms with Crippen molar-refractivity contribution in [1.82, 2.24) is 4.90 Å². The van der Waals surface area contributed by atoms with Gasteiger partial charge in [0.05, 0.1) is 10.7 Å². The molecule has 2 amide bonds. The molecule has 2 atom stereocenters. The van der Waals surface area contributed by atoms with Crippen molar-refractivity contribution < 1.29 is 9.59 Å². The van der Waals surface area contributed by atoms with Crippen molar-refractivity contribution in [3.05, 3.63) is 28.2 Å². The number of nitrogens with two attached hydrogens (primary N) is 1. The van der Waals surface area contributed by atoms with E-state index in [1.807, 2.05) is 0 Å². The van der Waals surface area contributed by atoms with Crippen LogP contribution >= 0.6 is 23.2 Å². The number of hydrogen-bond acceptors (Lipinski definition) is 3. The molecule has 2 N–H and O–H groups in total. The molecule has 0 aromatic heterocycles. The van der Waals surface area contributed by atoms with Crippen LogP contribution in [0.1, 0.15) is 12.8 Å². The highest BCUT2D eigenvalue weighted by atomic mass is 35.5. The molecule has 5 nitrogen and oxygen atoms in total. The Morgan fingerprint density at radius 2 is 2.00 bits per heavy atom. The van der Waals surface area contributed by atoms with Gasteiger partial charge in [0, 0.05) is 30.7 Å². The van der Waals surface area contributed by atoms with Crippen molar-refractivity contribution in [3.8, 4) is 0 Å². The second-order valence-electron chi connectivity index (χ2n) is 5.76. The maximum absolute atomic E-state index is 12.6. The fraction of sp³-hybridized carbons (Fsp3) is 0.467. The van der Waals surface area contributed by atoms with Crippen LogP contribution in [0.25, 0.3) is 0 Å². The summed E-state index contributed by atoms with van der Waals surface area (Å²) in [6, 6.07) is 4.99. The molecule has 7 heteroatoms. The standard InChI is InChI=1S/C15H17Cl2N3O2/c16-9-1-2-12(17)13(7-9)20-6-4-11(15(20)22)14(21)19-5-3-10(18)8-19/h1-2,7,10-11H,3-6,8,18H2/t10-,11+/m1/s1. The van der Waals surface area contributed by atoms with E-state index in [0.29, 0.717) is 41.8 Å². The second kappa shape index (κ2) is 6.07. The number of carbonyl (C=O) groups excluding carboxylic acids is 2. The lowest BCUT2D eigenvalue weighted by Gasteiger charge is -2.21. The molecule has 0 bridgehead atoms. The number of halogens is 2. The minimum atomic E-state index is -0.639. The van der Waals surface area contributed by atoms with Gasteiger partial charge in [0.15, 0.2) is 0 Å². The van der Waals surface area contributed by atoms with Gasteiger partial charge >= 0.3 is 0 Å². The van der Waals surface area contributed by atoms with Gasteiger partial charge in [0.2, 0.25) is 11.8 Å². The predicted octanol–water partition coefficient (Wildman–Crippen LogP) is 1.91. The Kier molecular flexibility index (Phi) is 4.30. The first-order chi connectivity index (χ1) is 10.5. The van der Waals surface area contributed by atoms with E-state index in [9.17, 15) is 9.59 Å². The summed E-state index contributed by atoms with van der Waals surface area (Å²) in [7, 11) is 0. The number of hydrogen-bond donors (Lipinski definition) is 1. The van der Waals surface area contributed by atoms with E-state index in [1.165, 1.54) is 0 Å². The molecule has 2 fully saturated rings. The van der Waals surface area contributed by atoms with Gasteiger partial charge in [-0.1, -0.05) is 23.2 Å². The van der Waals surface area contributed by atoms with E-state index in [-0.39, 0.29) is 17.9 Å². The molecule has 2 saturated heterocycles. The minimum Gasteiger partial charge on any atom is -0.340 e. The number of nitrogens with zero attached hydrogens (tertiary/aromatic N) is 2. The van der Waals surface area contributed by atoms with Crippen LogP contribution in [0.15, 0.2) is 18.2 Å². The number of carbonyl (C=O) groups is 2. The minimum absolute atomic E-state index is 0.0129. The molecule has 22 heavy (non-hydrogen) atoms. The van der Waals surface area contributed by atoms with Crippen LogP contribution in [0.3, 0.4) is 0 Å². The summed E-state index contributed by atoms with van der Waals surface area (Å²) in [4.78, 5) is 28.3. The third-order valence-corrected chi connectivity index (χ3v) is 4.79. The monoisotopic (exact) mass is 341 g/mol. The first-order valence-electron chi connectivity index (χ1n) is 7.28. The zero-order chi connectivity index (χ0) is 15.9. The predicted molar refractivity (Wildman–Crippen MR) is 86.1 cm³/mol. The molecule has 0 radical (unpaired) electrons. The summed E-state index contributed by atoms with van der Waals surface area (Å²) in [6.45, 7) is 1.62. The Hall–Kier alpha value is -1.30. The van der Waals surface area contributed by atoms with E-state index < -0.39 is 5.92 Å². The molecule has 2 aliphatic rings. The van der Waals surface area contributed by atoms with Gasteiger partial charge in [-0.05, 0) is 31.0 Å². The Morgan fingerprint density at radius 1 is 1.23 bits per heavy atom. The van der Waals surface area contributed by atoms with Crippen LogP contribution in [-0.4, -0.2) is 42.4 Å². The smallest absolute Gasteiger partial charge is 0.239 e. The molecular weight excluding hydrogens is 325 g/mol. The summed E-state index contributed by atoms with van der Waals surface area (Å²) in [5.41, 5.74) is 6.39. The van der Waals surface area contributed by atoms with Crippen molar-refractivity contribution in [1.29, 1.82) is 0 Å². The Morgan fingerprint density at radius 3 is 2.68 bits per heavy atom. The van der Waals surface area contributed by atoms with Crippen molar-refractivity contribution in [2.45, 2.75) is 18.9 Å². The average Bonchev–Trinajstić information content (AvgIpc) is 3.07. The first-order valence-corrected chi connectivity index (χ1v) is 8.04. The summed E-state index contributed by atoms with van der Waals surface area (Å²) >= 11 is 12.1. The van der Waals surface area contributed by atoms with Crippen molar-refractivity contribution >= 4 is 40.7 Å². The molecular formula is C15H17Cl2N3O2. The molecule has 0 spiro atoms. The van der Waals surface area contributed by atoms with Crippen molar-refractivity contribution in [2.24, 2.45) is 11.7 Å². The Balaban J connectivity index is 1.77. The van der Waals surface area contributed by atoms with E-state index in [1.54, 1.807) is 28.0 Å². The van der Waals surface area contributed by atoms with E-state index in [0.717, 1.165) is 6.42 Å². The molecule has 0 saturated carbocycles. The van der Waals surface area contributed by atoms with Crippen LogP contribution in [0.4, 0.5) is 5.69 Å². The number of anilines is 1. The lowest BCUT2D eigenvalue weighted by atomic mass is 10.1. The number of benzene rings is 1. The molecule has 2 aliphatic heterocycles. The lowest BCUT2D eigenvalue weighted by Crippen LogP contribution is -2.40. The maximum atomic E-state index is 12.6. The largest absolute Gasteiger partial charge is 0.340 e. The Bertz CT molecular complexity index is 623. The number of likely N-dealkylation sites (tertiary alicyclic amines) is 1. The van der Waals surface area contributed by atoms with Crippen LogP contribution in [0.2, 0.25) is 10.0 Å². The van der Waals surface area contributed by atoms with Crippen LogP contribution < -0.4 is 10.6 Å². The van der Waals surface area contributed by atoms with Gasteiger partial charge in [0.1, 0.15) is 5.92 Å². The zero-order valence-electron chi connectivity index (χ0n) is 12.0. The SMILES string of the molecule is N[C@@H]1CCN(C(=O)[C@@H]2CCN(c3cc(Cl)ccc3Cl)C2=O)C1. The molecule has 0 aliphatic carbocycles. The van der Waals surface area contributed by atoms with Crippen molar-refractivity contribution in [2.75, 3.05) is 24.5 Å². The summed E-state index contributed by atoms with van der Waals surface area (Å²) in [5, 5.41) is 0.960. The highest BCUT2D eigenvalue weighted by molar-refractivity contribution is 6.36. The third-order valence-electron chi connectivity index (χ3n) is 4.24. The number of amides is 2.